The van der Waals surface area contributed by atoms with E-state index in [2.05, 4.69) is 102 Å². The van der Waals surface area contributed by atoms with Gasteiger partial charge in [0.15, 0.2) is 31.2 Å². The van der Waals surface area contributed by atoms with E-state index < -0.39 is 65.8 Å². The standard InChI is InChI=1S/C31H60O8SSi3/c1-22-17-19-23(20-18-22)40(33,34)35-21-24-25(37-41(11,12)29(2,3)4)26(38-42(13,14)30(5,6)7)27(28(32)36-24)39-43(15,16)31(8,9)10/h17-20,24-28,32H,21H2,1-16H3. The summed E-state index contributed by atoms with van der Waals surface area (Å²) in [4.78, 5) is 0.0598. The molecule has 1 aliphatic heterocycles. The number of hydrogen-bond donors (Lipinski definition) is 1. The first-order chi connectivity index (χ1) is 19.0. The van der Waals surface area contributed by atoms with Crippen molar-refractivity contribution in [2.75, 3.05) is 6.61 Å². The minimum Gasteiger partial charge on any atom is -0.408 e. The summed E-state index contributed by atoms with van der Waals surface area (Å²) in [7, 11) is -11.4. The molecule has 250 valence electrons. The fraction of sp³-hybridized carbons (Fsp3) is 0.806. The number of rotatable bonds is 10. The van der Waals surface area contributed by atoms with Crippen LogP contribution in [0.5, 0.6) is 0 Å². The molecule has 0 aliphatic carbocycles. The molecule has 43 heavy (non-hydrogen) atoms. The molecule has 0 radical (unpaired) electrons. The van der Waals surface area contributed by atoms with E-state index in [1.807, 2.05) is 6.92 Å². The summed E-state index contributed by atoms with van der Waals surface area (Å²) in [5.74, 6) is 0. The lowest BCUT2D eigenvalue weighted by atomic mass is 9.99. The van der Waals surface area contributed by atoms with Crippen LogP contribution in [0.1, 0.15) is 67.9 Å². The Morgan fingerprint density at radius 2 is 1.07 bits per heavy atom. The molecule has 0 saturated carbocycles. The summed E-state index contributed by atoms with van der Waals surface area (Å²) in [5.41, 5.74) is 0.943. The van der Waals surface area contributed by atoms with Crippen LogP contribution in [0.3, 0.4) is 0 Å². The summed E-state index contributed by atoms with van der Waals surface area (Å²) in [6.45, 7) is 33.8. The lowest BCUT2D eigenvalue weighted by molar-refractivity contribution is -0.275. The molecule has 5 atom stereocenters. The predicted molar refractivity (Wildman–Crippen MR) is 181 cm³/mol. The second-order valence-corrected chi connectivity index (χ2v) is 32.5. The first kappa shape index (κ1) is 38.8. The first-order valence-corrected chi connectivity index (χ1v) is 25.5. The monoisotopic (exact) mass is 676 g/mol. The van der Waals surface area contributed by atoms with E-state index >= 15 is 0 Å². The Labute approximate surface area is 265 Å². The van der Waals surface area contributed by atoms with Crippen LogP contribution in [-0.4, -0.2) is 75.8 Å². The molecule has 2 rings (SSSR count). The fourth-order valence-corrected chi connectivity index (χ4v) is 8.74. The van der Waals surface area contributed by atoms with Gasteiger partial charge in [0.1, 0.15) is 24.4 Å². The van der Waals surface area contributed by atoms with E-state index in [1.54, 1.807) is 12.1 Å². The van der Waals surface area contributed by atoms with Crippen molar-refractivity contribution in [2.24, 2.45) is 0 Å². The van der Waals surface area contributed by atoms with Gasteiger partial charge in [0.25, 0.3) is 10.1 Å². The third kappa shape index (κ3) is 9.32. The maximum atomic E-state index is 13.2. The molecule has 1 aliphatic rings. The average molecular weight is 677 g/mol. The first-order valence-electron chi connectivity index (χ1n) is 15.4. The van der Waals surface area contributed by atoms with Gasteiger partial charge in [-0.1, -0.05) is 80.0 Å². The number of aliphatic hydroxyl groups is 1. The van der Waals surface area contributed by atoms with Gasteiger partial charge in [-0.05, 0) is 73.5 Å². The van der Waals surface area contributed by atoms with Crippen molar-refractivity contribution in [1.82, 2.24) is 0 Å². The Balaban J connectivity index is 2.65. The highest BCUT2D eigenvalue weighted by Crippen LogP contribution is 2.45. The third-order valence-corrected chi connectivity index (χ3v) is 24.7. The van der Waals surface area contributed by atoms with Crippen molar-refractivity contribution < 1.29 is 35.7 Å². The van der Waals surface area contributed by atoms with Gasteiger partial charge < -0.3 is 23.1 Å². The second kappa shape index (κ2) is 13.0. The summed E-state index contributed by atoms with van der Waals surface area (Å²) < 4.78 is 59.3. The molecule has 8 nitrogen and oxygen atoms in total. The zero-order valence-electron chi connectivity index (χ0n) is 29.6. The summed E-state index contributed by atoms with van der Waals surface area (Å²) in [5, 5.41) is 11.1. The minimum absolute atomic E-state index is 0.0598. The van der Waals surface area contributed by atoms with Gasteiger partial charge in [0, 0.05) is 0 Å². The van der Waals surface area contributed by atoms with E-state index in [0.29, 0.717) is 0 Å². The Morgan fingerprint density at radius 1 is 0.698 bits per heavy atom. The Hall–Kier alpha value is -0.419. The normalized spacial score (nSPS) is 25.2. The molecule has 0 spiro atoms. The van der Waals surface area contributed by atoms with Crippen LogP contribution < -0.4 is 0 Å². The number of benzene rings is 1. The highest BCUT2D eigenvalue weighted by atomic mass is 32.2. The van der Waals surface area contributed by atoms with Crippen molar-refractivity contribution in [1.29, 1.82) is 0 Å². The lowest BCUT2D eigenvalue weighted by Gasteiger charge is -2.53. The fourth-order valence-electron chi connectivity index (χ4n) is 3.91. The van der Waals surface area contributed by atoms with Crippen LogP contribution in [0.15, 0.2) is 29.2 Å². The maximum absolute atomic E-state index is 13.2. The molecule has 0 amide bonds. The van der Waals surface area contributed by atoms with Gasteiger partial charge in [0.2, 0.25) is 0 Å². The molecule has 5 unspecified atom stereocenters. The molecule has 1 fully saturated rings. The molecular weight excluding hydrogens is 617 g/mol. The second-order valence-electron chi connectivity index (χ2n) is 16.6. The van der Waals surface area contributed by atoms with E-state index in [1.165, 1.54) is 12.1 Å². The Bertz CT molecular complexity index is 1180. The Kier molecular flexibility index (Phi) is 11.7. The minimum atomic E-state index is -4.09. The summed E-state index contributed by atoms with van der Waals surface area (Å²) in [6, 6.07) is 6.51. The Morgan fingerprint density at radius 3 is 1.47 bits per heavy atom. The van der Waals surface area contributed by atoms with Gasteiger partial charge in [0.05, 0.1) is 11.5 Å². The van der Waals surface area contributed by atoms with Gasteiger partial charge >= 0.3 is 0 Å². The average Bonchev–Trinajstić information content (AvgIpc) is 2.80. The lowest BCUT2D eigenvalue weighted by Crippen LogP contribution is -2.68. The molecular formula is C31H60O8SSi3. The molecule has 12 heteroatoms. The quantitative estimate of drug-likeness (QED) is 0.200. The van der Waals surface area contributed by atoms with Crippen LogP contribution in [-0.2, 0) is 32.3 Å². The van der Waals surface area contributed by atoms with Crippen molar-refractivity contribution in [3.63, 3.8) is 0 Å². The van der Waals surface area contributed by atoms with E-state index in [4.69, 9.17) is 22.2 Å². The largest absolute Gasteiger partial charge is 0.408 e. The van der Waals surface area contributed by atoms with E-state index in [-0.39, 0.29) is 26.6 Å². The van der Waals surface area contributed by atoms with Gasteiger partial charge in [-0.15, -0.1) is 0 Å². The smallest absolute Gasteiger partial charge is 0.297 e. The predicted octanol–water partition coefficient (Wildman–Crippen LogP) is 7.59. The van der Waals surface area contributed by atoms with Crippen LogP contribution in [0.25, 0.3) is 0 Å². The molecule has 1 heterocycles. The number of aryl methyl sites for hydroxylation is 1. The van der Waals surface area contributed by atoms with Gasteiger partial charge in [-0.25, -0.2) is 0 Å². The third-order valence-electron chi connectivity index (χ3n) is 10.0. The van der Waals surface area contributed by atoms with Crippen molar-refractivity contribution in [2.45, 2.75) is 159 Å². The molecule has 1 aromatic carbocycles. The number of ether oxygens (including phenoxy) is 1. The molecule has 1 N–H and O–H groups in total. The number of hydrogen-bond acceptors (Lipinski definition) is 8. The van der Waals surface area contributed by atoms with E-state index in [9.17, 15) is 13.5 Å². The van der Waals surface area contributed by atoms with Crippen molar-refractivity contribution >= 4 is 35.1 Å². The van der Waals surface area contributed by atoms with Crippen LogP contribution in [0, 0.1) is 6.92 Å². The zero-order chi connectivity index (χ0) is 33.6. The van der Waals surface area contributed by atoms with Crippen LogP contribution >= 0.6 is 0 Å². The topological polar surface area (TPSA) is 101 Å². The van der Waals surface area contributed by atoms with Gasteiger partial charge in [-0.2, -0.15) is 8.42 Å². The molecule has 0 aromatic heterocycles. The van der Waals surface area contributed by atoms with Crippen LogP contribution in [0.4, 0.5) is 0 Å². The van der Waals surface area contributed by atoms with Crippen LogP contribution in [0.2, 0.25) is 54.4 Å². The molecule has 1 aromatic rings. The van der Waals surface area contributed by atoms with Gasteiger partial charge in [-0.3, -0.25) is 4.18 Å². The highest BCUT2D eigenvalue weighted by Gasteiger charge is 2.56. The summed E-state index contributed by atoms with van der Waals surface area (Å²) in [6.07, 6.45) is -4.54. The SMILES string of the molecule is Cc1ccc(S(=O)(=O)OCC2OC(O)C(O[Si](C)(C)C(C)(C)C)C(O[Si](C)(C)C(C)(C)C)C2O[Si](C)(C)C(C)(C)C)cc1. The molecule has 1 saturated heterocycles. The molecule has 0 bridgehead atoms. The highest BCUT2D eigenvalue weighted by molar-refractivity contribution is 7.86. The van der Waals surface area contributed by atoms with E-state index in [0.717, 1.165) is 5.56 Å². The zero-order valence-corrected chi connectivity index (χ0v) is 33.4. The van der Waals surface area contributed by atoms with Crippen molar-refractivity contribution in [3.8, 4) is 0 Å². The maximum Gasteiger partial charge on any atom is 0.297 e. The summed E-state index contributed by atoms with van der Waals surface area (Å²) >= 11 is 0. The number of aliphatic hydroxyl groups excluding tert-OH is 1. The van der Waals surface area contributed by atoms with Crippen molar-refractivity contribution in [3.05, 3.63) is 29.8 Å².